The van der Waals surface area contributed by atoms with Crippen molar-refractivity contribution < 1.29 is 5.11 Å². The van der Waals surface area contributed by atoms with Crippen LogP contribution in [0.15, 0.2) is 46.4 Å². The summed E-state index contributed by atoms with van der Waals surface area (Å²) in [5, 5.41) is 10.9. The molecular formula is C27H30N2O. The number of aryl methyl sites for hydroxylation is 7. The molecule has 0 saturated heterocycles. The summed E-state index contributed by atoms with van der Waals surface area (Å²) in [6.45, 7) is 14.4. The summed E-state index contributed by atoms with van der Waals surface area (Å²) in [4.78, 5) is 9.37. The third-order valence-corrected chi connectivity index (χ3v) is 5.25. The van der Waals surface area contributed by atoms with E-state index in [1.807, 2.05) is 19.1 Å². The molecule has 0 aliphatic carbocycles. The highest BCUT2D eigenvalue weighted by atomic mass is 16.3. The van der Waals surface area contributed by atoms with Gasteiger partial charge in [-0.25, -0.2) is 0 Å². The molecule has 0 bridgehead atoms. The number of aromatic hydroxyl groups is 1. The van der Waals surface area contributed by atoms with Gasteiger partial charge in [-0.15, -0.1) is 0 Å². The molecule has 3 heteroatoms. The lowest BCUT2D eigenvalue weighted by Crippen LogP contribution is -1.93. The van der Waals surface area contributed by atoms with Gasteiger partial charge in [0.05, 0.1) is 11.4 Å². The average molecular weight is 399 g/mol. The van der Waals surface area contributed by atoms with Gasteiger partial charge in [0.25, 0.3) is 0 Å². The molecule has 0 fully saturated rings. The fourth-order valence-corrected chi connectivity index (χ4v) is 4.05. The van der Waals surface area contributed by atoms with Gasteiger partial charge in [0.2, 0.25) is 0 Å². The number of hydrogen-bond donors (Lipinski definition) is 1. The molecule has 0 unspecified atom stereocenters. The number of benzene rings is 3. The van der Waals surface area contributed by atoms with E-state index in [9.17, 15) is 5.11 Å². The highest BCUT2D eigenvalue weighted by molar-refractivity contribution is 5.94. The van der Waals surface area contributed by atoms with Gasteiger partial charge in [-0.2, -0.15) is 0 Å². The minimum Gasteiger partial charge on any atom is -0.507 e. The molecule has 0 amide bonds. The van der Waals surface area contributed by atoms with Crippen LogP contribution in [-0.4, -0.2) is 17.5 Å². The molecule has 0 aromatic heterocycles. The summed E-state index contributed by atoms with van der Waals surface area (Å²) >= 11 is 0. The van der Waals surface area contributed by atoms with Gasteiger partial charge >= 0.3 is 0 Å². The second kappa shape index (κ2) is 8.66. The number of hydrogen-bond acceptors (Lipinski definition) is 3. The van der Waals surface area contributed by atoms with E-state index in [0.29, 0.717) is 11.1 Å². The van der Waals surface area contributed by atoms with Crippen LogP contribution in [0.4, 0.5) is 11.4 Å². The summed E-state index contributed by atoms with van der Waals surface area (Å²) in [5.41, 5.74) is 11.3. The quantitative estimate of drug-likeness (QED) is 0.470. The van der Waals surface area contributed by atoms with Crippen LogP contribution in [0.3, 0.4) is 0 Å². The molecule has 0 aliphatic heterocycles. The standard InChI is InChI=1S/C27H30N2O/c1-16-8-19(4)25(20(5)9-16)28-14-23-12-18(3)13-24(27(23)30)15-29-26-21(6)10-17(2)11-22(26)7/h8-15,30H,1-7H3. The van der Waals surface area contributed by atoms with Crippen LogP contribution in [0.25, 0.3) is 0 Å². The lowest BCUT2D eigenvalue weighted by molar-refractivity contribution is 0.473. The first kappa shape index (κ1) is 21.5. The topological polar surface area (TPSA) is 45.0 Å². The Morgan fingerprint density at radius 2 is 0.833 bits per heavy atom. The minimum absolute atomic E-state index is 0.193. The average Bonchev–Trinajstić information content (AvgIpc) is 2.63. The summed E-state index contributed by atoms with van der Waals surface area (Å²) in [5.74, 6) is 0.193. The molecule has 3 aromatic carbocycles. The molecule has 0 heterocycles. The number of phenols is 1. The van der Waals surface area contributed by atoms with Crippen molar-refractivity contribution in [2.45, 2.75) is 48.5 Å². The summed E-state index contributed by atoms with van der Waals surface area (Å²) in [6.07, 6.45) is 3.49. The highest BCUT2D eigenvalue weighted by Gasteiger charge is 2.08. The van der Waals surface area contributed by atoms with E-state index in [1.165, 1.54) is 11.1 Å². The predicted molar refractivity (Wildman–Crippen MR) is 129 cm³/mol. The van der Waals surface area contributed by atoms with Crippen molar-refractivity contribution in [3.05, 3.63) is 86.5 Å². The molecule has 0 spiro atoms. The van der Waals surface area contributed by atoms with Gasteiger partial charge in [-0.3, -0.25) is 9.98 Å². The number of aliphatic imine (C=N–C) groups is 2. The Morgan fingerprint density at radius 1 is 0.533 bits per heavy atom. The maximum absolute atomic E-state index is 10.9. The third-order valence-electron chi connectivity index (χ3n) is 5.25. The highest BCUT2D eigenvalue weighted by Crippen LogP contribution is 2.29. The summed E-state index contributed by atoms with van der Waals surface area (Å²) < 4.78 is 0. The second-order valence-corrected chi connectivity index (χ2v) is 8.30. The molecule has 0 saturated carbocycles. The number of rotatable bonds is 4. The van der Waals surface area contributed by atoms with Crippen molar-refractivity contribution in [2.24, 2.45) is 9.98 Å². The molecule has 0 aliphatic rings. The predicted octanol–water partition coefficient (Wildman–Crippen LogP) is 7.05. The Hall–Kier alpha value is -3.20. The maximum Gasteiger partial charge on any atom is 0.133 e. The molecule has 0 radical (unpaired) electrons. The Morgan fingerprint density at radius 3 is 1.17 bits per heavy atom. The van der Waals surface area contributed by atoms with E-state index in [-0.39, 0.29) is 5.75 Å². The molecule has 3 nitrogen and oxygen atoms in total. The van der Waals surface area contributed by atoms with Crippen LogP contribution >= 0.6 is 0 Å². The van der Waals surface area contributed by atoms with Crippen molar-refractivity contribution >= 4 is 23.8 Å². The van der Waals surface area contributed by atoms with Crippen LogP contribution < -0.4 is 0 Å². The Kier molecular flexibility index (Phi) is 6.21. The van der Waals surface area contributed by atoms with E-state index >= 15 is 0 Å². The first-order valence-electron chi connectivity index (χ1n) is 10.2. The smallest absolute Gasteiger partial charge is 0.133 e. The normalized spacial score (nSPS) is 11.7. The molecule has 0 atom stereocenters. The SMILES string of the molecule is Cc1cc(C)c(N=Cc2cc(C)cc(C=Nc3c(C)cc(C)cc3C)c2O)c(C)c1. The second-order valence-electron chi connectivity index (χ2n) is 8.30. The van der Waals surface area contributed by atoms with Crippen molar-refractivity contribution in [1.82, 2.24) is 0 Å². The van der Waals surface area contributed by atoms with Crippen LogP contribution in [0.2, 0.25) is 0 Å². The van der Waals surface area contributed by atoms with Crippen molar-refractivity contribution in [3.63, 3.8) is 0 Å². The zero-order valence-corrected chi connectivity index (χ0v) is 19.0. The molecule has 1 N–H and O–H groups in total. The van der Waals surface area contributed by atoms with Crippen LogP contribution in [-0.2, 0) is 0 Å². The number of phenolic OH excluding ortho intramolecular Hbond substituents is 1. The summed E-state index contributed by atoms with van der Waals surface area (Å²) in [7, 11) is 0. The molecule has 30 heavy (non-hydrogen) atoms. The van der Waals surface area contributed by atoms with E-state index < -0.39 is 0 Å². The zero-order valence-electron chi connectivity index (χ0n) is 19.0. The number of nitrogens with zero attached hydrogens (tertiary/aromatic N) is 2. The van der Waals surface area contributed by atoms with Crippen molar-refractivity contribution in [3.8, 4) is 5.75 Å². The Bertz CT molecular complexity index is 1030. The van der Waals surface area contributed by atoms with E-state index in [4.69, 9.17) is 0 Å². The van der Waals surface area contributed by atoms with Gasteiger partial charge in [-0.1, -0.05) is 35.4 Å². The first-order valence-corrected chi connectivity index (χ1v) is 10.2. The maximum atomic E-state index is 10.9. The molecule has 3 rings (SSSR count). The third kappa shape index (κ3) is 4.68. The molecular weight excluding hydrogens is 368 g/mol. The largest absolute Gasteiger partial charge is 0.507 e. The zero-order chi connectivity index (χ0) is 22.0. The van der Waals surface area contributed by atoms with Crippen molar-refractivity contribution in [2.75, 3.05) is 0 Å². The van der Waals surface area contributed by atoms with Gasteiger partial charge in [0, 0.05) is 23.6 Å². The van der Waals surface area contributed by atoms with Gasteiger partial charge in [-0.05, 0) is 88.4 Å². The fourth-order valence-electron chi connectivity index (χ4n) is 4.05. The fraction of sp³-hybridized carbons (Fsp3) is 0.259. The first-order chi connectivity index (χ1) is 14.2. The van der Waals surface area contributed by atoms with Gasteiger partial charge < -0.3 is 5.11 Å². The van der Waals surface area contributed by atoms with E-state index in [2.05, 4.69) is 75.8 Å². The summed E-state index contributed by atoms with van der Waals surface area (Å²) in [6, 6.07) is 12.4. The monoisotopic (exact) mass is 398 g/mol. The van der Waals surface area contributed by atoms with E-state index in [0.717, 1.165) is 39.2 Å². The lowest BCUT2D eigenvalue weighted by Gasteiger charge is -2.09. The molecule has 154 valence electrons. The van der Waals surface area contributed by atoms with Gasteiger partial charge in [0.1, 0.15) is 5.75 Å². The minimum atomic E-state index is 0.193. The van der Waals surface area contributed by atoms with Crippen LogP contribution in [0, 0.1) is 48.5 Å². The van der Waals surface area contributed by atoms with Gasteiger partial charge in [0.15, 0.2) is 0 Å². The molecule has 3 aromatic rings. The van der Waals surface area contributed by atoms with Crippen molar-refractivity contribution in [1.29, 1.82) is 0 Å². The van der Waals surface area contributed by atoms with E-state index in [1.54, 1.807) is 12.4 Å². The van der Waals surface area contributed by atoms with Crippen LogP contribution in [0.1, 0.15) is 50.1 Å². The Labute approximate surface area is 179 Å². The van der Waals surface area contributed by atoms with Crippen LogP contribution in [0.5, 0.6) is 5.75 Å². The lowest BCUT2D eigenvalue weighted by atomic mass is 10.0. The Balaban J connectivity index is 1.99.